The minimum Gasteiger partial charge on any atom is -0.454 e. The summed E-state index contributed by atoms with van der Waals surface area (Å²) >= 11 is 0. The highest BCUT2D eigenvalue weighted by Gasteiger charge is 2.33. The van der Waals surface area contributed by atoms with Crippen LogP contribution in [0.15, 0.2) is 36.4 Å². The molecule has 1 amide bonds. The Bertz CT molecular complexity index is 828. The molecule has 4 rings (SSSR count). The molecular weight excluding hydrogens is 314 g/mol. The van der Waals surface area contributed by atoms with Crippen molar-refractivity contribution in [3.8, 4) is 11.5 Å². The molecule has 0 spiro atoms. The predicted octanol–water partition coefficient (Wildman–Crippen LogP) is 4.12. The van der Waals surface area contributed by atoms with Crippen LogP contribution in [0.3, 0.4) is 0 Å². The number of hydrogen-bond acceptors (Lipinski definition) is 3. The lowest BCUT2D eigenvalue weighted by Gasteiger charge is -2.40. The summed E-state index contributed by atoms with van der Waals surface area (Å²) in [6.45, 7) is 7.44. The van der Waals surface area contributed by atoms with Crippen molar-refractivity contribution in [2.24, 2.45) is 5.92 Å². The highest BCUT2D eigenvalue weighted by atomic mass is 16.7. The van der Waals surface area contributed by atoms with Gasteiger partial charge in [-0.3, -0.25) is 4.79 Å². The third kappa shape index (κ3) is 2.76. The van der Waals surface area contributed by atoms with Gasteiger partial charge < -0.3 is 14.4 Å². The van der Waals surface area contributed by atoms with Crippen molar-refractivity contribution in [3.63, 3.8) is 0 Å². The van der Waals surface area contributed by atoms with Crippen LogP contribution in [0.5, 0.6) is 11.5 Å². The molecule has 0 saturated carbocycles. The van der Waals surface area contributed by atoms with Crippen LogP contribution in [0.1, 0.15) is 46.9 Å². The van der Waals surface area contributed by atoms with Crippen LogP contribution in [-0.4, -0.2) is 24.1 Å². The maximum Gasteiger partial charge on any atom is 0.254 e. The fourth-order valence-electron chi connectivity index (χ4n) is 3.93. The fourth-order valence-corrected chi connectivity index (χ4v) is 3.93. The van der Waals surface area contributed by atoms with Gasteiger partial charge in [0.2, 0.25) is 6.79 Å². The zero-order valence-electron chi connectivity index (χ0n) is 14.9. The molecule has 0 radical (unpaired) electrons. The summed E-state index contributed by atoms with van der Waals surface area (Å²) in [5.41, 5.74) is 4.58. The summed E-state index contributed by atoms with van der Waals surface area (Å²) in [6.07, 6.45) is 0.899. The molecule has 0 N–H and O–H groups in total. The molecule has 2 aromatic carbocycles. The van der Waals surface area contributed by atoms with Crippen LogP contribution in [0.25, 0.3) is 0 Å². The van der Waals surface area contributed by atoms with Gasteiger partial charge in [0.15, 0.2) is 11.5 Å². The number of aryl methyl sites for hydroxylation is 1. The van der Waals surface area contributed by atoms with E-state index >= 15 is 0 Å². The topological polar surface area (TPSA) is 38.8 Å². The first kappa shape index (κ1) is 16.0. The van der Waals surface area contributed by atoms with Crippen molar-refractivity contribution < 1.29 is 14.3 Å². The largest absolute Gasteiger partial charge is 0.454 e. The number of benzene rings is 2. The molecule has 0 bridgehead atoms. The lowest BCUT2D eigenvalue weighted by atomic mass is 9.85. The number of carbonyl (C=O) groups is 1. The Hall–Kier alpha value is -2.49. The van der Waals surface area contributed by atoms with Crippen LogP contribution < -0.4 is 9.47 Å². The van der Waals surface area contributed by atoms with Crippen LogP contribution in [0.4, 0.5) is 0 Å². The summed E-state index contributed by atoms with van der Waals surface area (Å²) in [5.74, 6) is 1.76. The SMILES string of the molecule is Cc1ccc2c(c1)CCN(C(=O)c1ccc3c(c1)OCO3)C2C(C)C. The molecular formula is C21H23NO3. The van der Waals surface area contributed by atoms with Gasteiger partial charge in [0.05, 0.1) is 6.04 Å². The summed E-state index contributed by atoms with van der Waals surface area (Å²) in [6, 6.07) is 12.1. The third-order valence-electron chi connectivity index (χ3n) is 5.09. The van der Waals surface area contributed by atoms with Gasteiger partial charge in [-0.15, -0.1) is 0 Å². The Labute approximate surface area is 148 Å². The van der Waals surface area contributed by atoms with Crippen LogP contribution in [0.2, 0.25) is 0 Å². The van der Waals surface area contributed by atoms with E-state index in [0.717, 1.165) is 13.0 Å². The number of fused-ring (bicyclic) bond motifs is 2. The van der Waals surface area contributed by atoms with E-state index < -0.39 is 0 Å². The second-order valence-corrected chi connectivity index (χ2v) is 7.21. The molecule has 0 fully saturated rings. The van der Waals surface area contributed by atoms with Gasteiger partial charge in [0, 0.05) is 12.1 Å². The molecule has 2 aliphatic heterocycles. The molecule has 130 valence electrons. The van der Waals surface area contributed by atoms with E-state index in [-0.39, 0.29) is 18.7 Å². The molecule has 2 aliphatic rings. The average molecular weight is 337 g/mol. The van der Waals surface area contributed by atoms with Gasteiger partial charge in [-0.25, -0.2) is 0 Å². The summed E-state index contributed by atoms with van der Waals surface area (Å²) in [5, 5.41) is 0. The molecule has 4 heteroatoms. The highest BCUT2D eigenvalue weighted by Crippen LogP contribution is 2.38. The number of ether oxygens (including phenoxy) is 2. The van der Waals surface area contributed by atoms with E-state index in [1.165, 1.54) is 16.7 Å². The zero-order valence-corrected chi connectivity index (χ0v) is 14.9. The molecule has 4 nitrogen and oxygen atoms in total. The van der Waals surface area contributed by atoms with E-state index in [4.69, 9.17) is 9.47 Å². The fraction of sp³-hybridized carbons (Fsp3) is 0.381. The van der Waals surface area contributed by atoms with Crippen molar-refractivity contribution in [1.82, 2.24) is 4.90 Å². The monoisotopic (exact) mass is 337 g/mol. The van der Waals surface area contributed by atoms with E-state index in [9.17, 15) is 4.79 Å². The van der Waals surface area contributed by atoms with Crippen molar-refractivity contribution in [2.75, 3.05) is 13.3 Å². The average Bonchev–Trinajstić information content (AvgIpc) is 3.07. The maximum atomic E-state index is 13.2. The third-order valence-corrected chi connectivity index (χ3v) is 5.09. The van der Waals surface area contributed by atoms with Crippen molar-refractivity contribution in [2.45, 2.75) is 33.2 Å². The number of carbonyl (C=O) groups excluding carboxylic acids is 1. The van der Waals surface area contributed by atoms with Gasteiger partial charge in [-0.2, -0.15) is 0 Å². The molecule has 2 aromatic rings. The van der Waals surface area contributed by atoms with Crippen molar-refractivity contribution in [1.29, 1.82) is 0 Å². The Kier molecular flexibility index (Phi) is 3.91. The Morgan fingerprint density at radius 1 is 1.12 bits per heavy atom. The lowest BCUT2D eigenvalue weighted by molar-refractivity contribution is 0.0603. The molecule has 1 atom stereocenters. The van der Waals surface area contributed by atoms with Gasteiger partial charge in [-0.05, 0) is 48.6 Å². The van der Waals surface area contributed by atoms with E-state index in [1.807, 2.05) is 17.0 Å². The van der Waals surface area contributed by atoms with Gasteiger partial charge >= 0.3 is 0 Å². The Morgan fingerprint density at radius 3 is 2.72 bits per heavy atom. The number of nitrogens with zero attached hydrogens (tertiary/aromatic N) is 1. The first-order valence-electron chi connectivity index (χ1n) is 8.84. The van der Waals surface area contributed by atoms with Crippen LogP contribution in [0, 0.1) is 12.8 Å². The lowest BCUT2D eigenvalue weighted by Crippen LogP contribution is -2.42. The van der Waals surface area contributed by atoms with E-state index in [1.54, 1.807) is 6.07 Å². The predicted molar refractivity (Wildman–Crippen MR) is 96.1 cm³/mol. The quantitative estimate of drug-likeness (QED) is 0.827. The summed E-state index contributed by atoms with van der Waals surface area (Å²) in [4.78, 5) is 15.2. The second kappa shape index (κ2) is 6.10. The number of hydrogen-bond donors (Lipinski definition) is 0. The smallest absolute Gasteiger partial charge is 0.254 e. The molecule has 0 aromatic heterocycles. The van der Waals surface area contributed by atoms with Crippen molar-refractivity contribution >= 4 is 5.91 Å². The number of rotatable bonds is 2. The standard InChI is InChI=1S/C21H23NO3/c1-13(2)20-17-6-4-14(3)10-15(17)8-9-22(20)21(23)16-5-7-18-19(11-16)25-12-24-18/h4-7,10-11,13,20H,8-9,12H2,1-3H3. The summed E-state index contributed by atoms with van der Waals surface area (Å²) < 4.78 is 10.8. The molecule has 0 saturated heterocycles. The molecule has 2 heterocycles. The van der Waals surface area contributed by atoms with Crippen molar-refractivity contribution in [3.05, 3.63) is 58.7 Å². The van der Waals surface area contributed by atoms with Crippen LogP contribution >= 0.6 is 0 Å². The molecule has 1 unspecified atom stereocenters. The van der Waals surface area contributed by atoms with Gasteiger partial charge in [0.25, 0.3) is 5.91 Å². The molecule has 0 aliphatic carbocycles. The minimum atomic E-state index is 0.0585. The van der Waals surface area contributed by atoms with E-state index in [0.29, 0.717) is 23.0 Å². The zero-order chi connectivity index (χ0) is 17.6. The minimum absolute atomic E-state index is 0.0585. The van der Waals surface area contributed by atoms with Crippen LogP contribution in [-0.2, 0) is 6.42 Å². The Morgan fingerprint density at radius 2 is 1.92 bits per heavy atom. The normalized spacial score (nSPS) is 18.4. The second-order valence-electron chi connectivity index (χ2n) is 7.21. The first-order chi connectivity index (χ1) is 12.0. The highest BCUT2D eigenvalue weighted by molar-refractivity contribution is 5.95. The summed E-state index contributed by atoms with van der Waals surface area (Å²) in [7, 11) is 0. The van der Waals surface area contributed by atoms with E-state index in [2.05, 4.69) is 39.0 Å². The first-order valence-corrected chi connectivity index (χ1v) is 8.84. The van der Waals surface area contributed by atoms with Gasteiger partial charge in [0.1, 0.15) is 0 Å². The van der Waals surface area contributed by atoms with Gasteiger partial charge in [-0.1, -0.05) is 37.6 Å². The maximum absolute atomic E-state index is 13.2. The number of amides is 1. The molecule has 25 heavy (non-hydrogen) atoms. The Balaban J connectivity index is 1.69.